The Balaban J connectivity index is 0.00000110. The van der Waals surface area contributed by atoms with Crippen molar-refractivity contribution in [1.29, 1.82) is 0 Å². The molecule has 1 rings (SSSR count). The number of unbranched alkanes of at least 4 members (excludes halogenated alkanes) is 1. The topological polar surface area (TPSA) is 21.7 Å². The summed E-state index contributed by atoms with van der Waals surface area (Å²) in [6.07, 6.45) is -5.03. The van der Waals surface area contributed by atoms with Gasteiger partial charge in [-0.3, -0.25) is 0 Å². The van der Waals surface area contributed by atoms with Crippen molar-refractivity contribution in [2.24, 2.45) is 0 Å². The van der Waals surface area contributed by atoms with Gasteiger partial charge in [0.1, 0.15) is 6.54 Å². The molecule has 0 saturated heterocycles. The van der Waals surface area contributed by atoms with Gasteiger partial charge >= 0.3 is 56.9 Å². The van der Waals surface area contributed by atoms with Crippen molar-refractivity contribution in [3.05, 3.63) is 12.7 Å². The van der Waals surface area contributed by atoms with Crippen molar-refractivity contribution < 1.29 is 69.3 Å². The molecule has 0 fully saturated rings. The van der Waals surface area contributed by atoms with E-state index in [2.05, 4.69) is 5.10 Å². The minimum atomic E-state index is -10.7. The van der Waals surface area contributed by atoms with Crippen molar-refractivity contribution >= 4 is 7.81 Å². The summed E-state index contributed by atoms with van der Waals surface area (Å²) < 4.78 is 176. The van der Waals surface area contributed by atoms with Crippen LogP contribution in [0, 0.1) is 0 Å². The van der Waals surface area contributed by atoms with Crippen molar-refractivity contribution in [3.8, 4) is 0 Å². The van der Waals surface area contributed by atoms with Crippen LogP contribution < -0.4 is 4.57 Å². The molecule has 1 aromatic heterocycles. The van der Waals surface area contributed by atoms with Gasteiger partial charge in [0.2, 0.25) is 6.33 Å². The fourth-order valence-corrected chi connectivity index (χ4v) is 1.75. The summed E-state index contributed by atoms with van der Waals surface area (Å²) in [7, 11) is -10.7. The summed E-state index contributed by atoms with van der Waals surface area (Å²) in [6, 6.07) is 0. The number of aryl methyl sites for hydroxylation is 2. The third-order valence-corrected chi connectivity index (χ3v) is 3.26. The van der Waals surface area contributed by atoms with E-state index < -0.39 is 44.7 Å². The molecule has 0 amide bonds. The Bertz CT molecular complexity index is 708. The van der Waals surface area contributed by atoms with Gasteiger partial charge in [-0.2, -0.15) is 39.5 Å². The van der Waals surface area contributed by atoms with Gasteiger partial charge in [0.05, 0.1) is 6.54 Å². The Labute approximate surface area is 164 Å². The zero-order chi connectivity index (χ0) is 25.2. The van der Waals surface area contributed by atoms with Crippen LogP contribution in [0.25, 0.3) is 0 Å². The monoisotopic (exact) mass is 517 g/mol. The van der Waals surface area contributed by atoms with E-state index in [4.69, 9.17) is 0 Å². The minimum absolute atomic E-state index is 0.419. The number of rotatable bonds is 8. The Hall–Kier alpha value is -1.48. The van der Waals surface area contributed by atoms with Gasteiger partial charge in [0.15, 0.2) is 0 Å². The van der Waals surface area contributed by atoms with Gasteiger partial charge in [0, 0.05) is 11.5 Å². The molecule has 0 saturated carbocycles. The molecule has 0 unspecified atom stereocenters. The zero-order valence-corrected chi connectivity index (χ0v) is 16.0. The van der Waals surface area contributed by atoms with Gasteiger partial charge in [-0.1, -0.05) is 13.3 Å². The molecule has 0 aromatic carbocycles. The Morgan fingerprint density at radius 3 is 1.68 bits per heavy atom. The number of hydrogen-bond acceptors (Lipinski definition) is 1. The first-order valence-corrected chi connectivity index (χ1v) is 9.92. The van der Waals surface area contributed by atoms with Crippen LogP contribution >= 0.6 is 7.81 Å². The Morgan fingerprint density at radius 1 is 0.839 bits per heavy atom. The van der Waals surface area contributed by atoms with Gasteiger partial charge in [-0.15, -0.1) is 4.68 Å². The molecule has 0 aliphatic heterocycles. The molecule has 0 aliphatic rings. The molecule has 188 valence electrons. The zero-order valence-electron chi connectivity index (χ0n) is 15.1. The average Bonchev–Trinajstić information content (AvgIpc) is 2.94. The van der Waals surface area contributed by atoms with E-state index >= 15 is 0 Å². The van der Waals surface area contributed by atoms with Crippen molar-refractivity contribution in [2.45, 2.75) is 63.2 Å². The molecule has 0 N–H and O–H groups in total. The van der Waals surface area contributed by atoms with Crippen LogP contribution in [0.4, 0.5) is 64.7 Å². The quantitative estimate of drug-likeness (QED) is 0.203. The molecule has 1 heterocycles. The van der Waals surface area contributed by atoms with Gasteiger partial charge in [0.25, 0.3) is 6.33 Å². The molecular formula is C12H15F15N3P. The molecule has 0 atom stereocenters. The number of alkyl halides is 9. The second-order valence-corrected chi connectivity index (χ2v) is 8.08. The molecule has 3 nitrogen and oxygen atoms in total. The molecular weight excluding hydrogens is 502 g/mol. The average molecular weight is 517 g/mol. The first kappa shape index (κ1) is 29.5. The summed E-state index contributed by atoms with van der Waals surface area (Å²) >= 11 is 0. The van der Waals surface area contributed by atoms with Crippen LogP contribution in [0.2, 0.25) is 0 Å². The summed E-state index contributed by atoms with van der Waals surface area (Å²) in [6.45, 7) is 1.39. The fourth-order valence-electron chi connectivity index (χ4n) is 1.75. The molecule has 0 aliphatic carbocycles. The standard InChI is InChI=1S/C12H15F9N3.F6P/c1-2-3-5-24-8-23(7-22-24)6-4-9(13,14)10(15,16)11(17,18)12(19,20)21;1-7(2,3,4,5)6/h7-8H,2-6H2,1H3;/q+1;-1. The van der Waals surface area contributed by atoms with E-state index in [0.29, 0.717) is 13.0 Å². The molecule has 19 heteroatoms. The normalized spacial score (nSPS) is 16.3. The first-order chi connectivity index (χ1) is 13.2. The predicted molar refractivity (Wildman–Crippen MR) is 76.4 cm³/mol. The van der Waals surface area contributed by atoms with Crippen LogP contribution in [-0.2, 0) is 13.1 Å². The van der Waals surface area contributed by atoms with E-state index in [9.17, 15) is 64.7 Å². The fraction of sp³-hybridized carbons (Fsp3) is 0.833. The Morgan fingerprint density at radius 2 is 1.29 bits per heavy atom. The van der Waals surface area contributed by atoms with Crippen molar-refractivity contribution in [2.75, 3.05) is 0 Å². The van der Waals surface area contributed by atoms with Crippen molar-refractivity contribution in [3.63, 3.8) is 0 Å². The third kappa shape index (κ3) is 10.1. The first-order valence-electron chi connectivity index (χ1n) is 7.89. The summed E-state index contributed by atoms with van der Waals surface area (Å²) in [5, 5.41) is 3.72. The van der Waals surface area contributed by atoms with Crippen LogP contribution in [0.3, 0.4) is 0 Å². The third-order valence-electron chi connectivity index (χ3n) is 3.26. The van der Waals surface area contributed by atoms with E-state index in [1.165, 1.54) is 11.0 Å². The molecule has 0 bridgehead atoms. The number of nitrogens with zero attached hydrogens (tertiary/aromatic N) is 3. The molecule has 1 aromatic rings. The number of halogens is 15. The predicted octanol–water partition coefficient (Wildman–Crippen LogP) is 7.21. The SMILES string of the molecule is CCCCn1c[n+](CCC(F)(F)C(F)(F)C(F)(F)C(F)(F)F)cn1.F[P-](F)(F)(F)(F)F. The maximum absolute atomic E-state index is 13.4. The number of hydrogen-bond donors (Lipinski definition) is 0. The molecule has 0 radical (unpaired) electrons. The second-order valence-electron chi connectivity index (χ2n) is 6.16. The summed E-state index contributed by atoms with van der Waals surface area (Å²) in [5.41, 5.74) is 0. The van der Waals surface area contributed by atoms with E-state index in [0.717, 1.165) is 17.3 Å². The second kappa shape index (κ2) is 8.14. The van der Waals surface area contributed by atoms with Crippen LogP contribution in [0.1, 0.15) is 26.2 Å². The van der Waals surface area contributed by atoms with Gasteiger partial charge in [-0.05, 0) is 6.42 Å². The van der Waals surface area contributed by atoms with Crippen LogP contribution in [0.5, 0.6) is 0 Å². The van der Waals surface area contributed by atoms with Crippen molar-refractivity contribution in [1.82, 2.24) is 9.78 Å². The number of aromatic nitrogens is 3. The van der Waals surface area contributed by atoms with Gasteiger partial charge in [-0.25, -0.2) is 4.57 Å². The van der Waals surface area contributed by atoms with E-state index in [1.54, 1.807) is 0 Å². The summed E-state index contributed by atoms with van der Waals surface area (Å²) in [4.78, 5) is 0. The van der Waals surface area contributed by atoms with Gasteiger partial charge < -0.3 is 0 Å². The Kier molecular flexibility index (Phi) is 7.75. The van der Waals surface area contributed by atoms with E-state index in [1.807, 2.05) is 6.92 Å². The molecule has 0 spiro atoms. The molecule has 31 heavy (non-hydrogen) atoms. The van der Waals surface area contributed by atoms with Crippen LogP contribution in [0.15, 0.2) is 12.7 Å². The summed E-state index contributed by atoms with van der Waals surface area (Å²) in [5.74, 6) is -19.0. The maximum atomic E-state index is 13.4. The van der Waals surface area contributed by atoms with E-state index in [-0.39, 0.29) is 0 Å². The van der Waals surface area contributed by atoms with Crippen LogP contribution in [-0.4, -0.2) is 33.7 Å².